The van der Waals surface area contributed by atoms with Crippen molar-refractivity contribution in [3.8, 4) is 0 Å². The van der Waals surface area contributed by atoms with Crippen molar-refractivity contribution in [1.29, 1.82) is 0 Å². The highest BCUT2D eigenvalue weighted by atomic mass is 16.4. The Morgan fingerprint density at radius 3 is 2.54 bits per heavy atom. The molecule has 1 N–H and O–H groups in total. The summed E-state index contributed by atoms with van der Waals surface area (Å²) >= 11 is 0. The molecule has 0 heterocycles. The predicted octanol–water partition coefficient (Wildman–Crippen LogP) is 1.61. The van der Waals surface area contributed by atoms with Gasteiger partial charge in [0, 0.05) is 19.2 Å². The predicted molar refractivity (Wildman–Crippen MR) is 53.7 cm³/mol. The fraction of sp³-hybridized carbons (Fsp3) is 0.700. The second-order valence-electron chi connectivity index (χ2n) is 3.49. The number of hydrogen-bond donors (Lipinski definition) is 1. The molecule has 0 aromatic heterocycles. The van der Waals surface area contributed by atoms with Crippen LogP contribution in [0.3, 0.4) is 0 Å². The van der Waals surface area contributed by atoms with Crippen molar-refractivity contribution in [2.75, 3.05) is 19.6 Å². The van der Waals surface area contributed by atoms with Crippen LogP contribution in [-0.4, -0.2) is 35.6 Å². The van der Waals surface area contributed by atoms with E-state index in [2.05, 4.69) is 25.7 Å². The lowest BCUT2D eigenvalue weighted by molar-refractivity contribution is -0.131. The van der Waals surface area contributed by atoms with Crippen molar-refractivity contribution >= 4 is 5.97 Å². The number of likely N-dealkylation sites (N-methyl/N-ethyl adjacent to an activating group) is 1. The maximum atomic E-state index is 10.2. The molecular formula is C10H19NO2. The summed E-state index contributed by atoms with van der Waals surface area (Å²) in [6.45, 7) is 9.09. The van der Waals surface area contributed by atoms with Gasteiger partial charge in [-0.3, -0.25) is 4.90 Å². The zero-order valence-corrected chi connectivity index (χ0v) is 8.66. The molecule has 0 fully saturated rings. The first-order chi connectivity index (χ1) is 6.06. The number of hydrogen-bond acceptors (Lipinski definition) is 2. The van der Waals surface area contributed by atoms with Gasteiger partial charge in [-0.25, -0.2) is 4.79 Å². The van der Waals surface area contributed by atoms with Crippen LogP contribution >= 0.6 is 0 Å². The molecule has 0 bridgehead atoms. The minimum Gasteiger partial charge on any atom is -0.478 e. The van der Waals surface area contributed by atoms with E-state index in [1.54, 1.807) is 6.08 Å². The number of carboxylic acid groups (broad SMARTS) is 1. The second kappa shape index (κ2) is 6.66. The molecule has 13 heavy (non-hydrogen) atoms. The van der Waals surface area contributed by atoms with E-state index in [4.69, 9.17) is 5.11 Å². The molecule has 0 radical (unpaired) electrons. The van der Waals surface area contributed by atoms with Crippen molar-refractivity contribution in [3.63, 3.8) is 0 Å². The SMILES string of the molecule is CCN(CC=CC(=O)O)CC(C)C. The summed E-state index contributed by atoms with van der Waals surface area (Å²) in [7, 11) is 0. The van der Waals surface area contributed by atoms with Gasteiger partial charge in [0.1, 0.15) is 0 Å². The van der Waals surface area contributed by atoms with Crippen molar-refractivity contribution in [2.24, 2.45) is 5.92 Å². The molecule has 0 aromatic carbocycles. The summed E-state index contributed by atoms with van der Waals surface area (Å²) in [5.41, 5.74) is 0. The molecule has 0 atom stereocenters. The Morgan fingerprint density at radius 2 is 2.15 bits per heavy atom. The molecule has 0 aliphatic carbocycles. The molecule has 0 aromatic rings. The van der Waals surface area contributed by atoms with Gasteiger partial charge >= 0.3 is 5.97 Å². The summed E-state index contributed by atoms with van der Waals surface area (Å²) in [5.74, 6) is -0.251. The van der Waals surface area contributed by atoms with E-state index < -0.39 is 5.97 Å². The molecular weight excluding hydrogens is 166 g/mol. The Hall–Kier alpha value is -0.830. The Morgan fingerprint density at radius 1 is 1.54 bits per heavy atom. The van der Waals surface area contributed by atoms with E-state index in [0.717, 1.165) is 19.6 Å². The zero-order valence-electron chi connectivity index (χ0n) is 8.66. The van der Waals surface area contributed by atoms with E-state index in [1.165, 1.54) is 6.08 Å². The van der Waals surface area contributed by atoms with Gasteiger partial charge in [0.25, 0.3) is 0 Å². The van der Waals surface area contributed by atoms with Crippen molar-refractivity contribution in [1.82, 2.24) is 4.90 Å². The van der Waals surface area contributed by atoms with Gasteiger partial charge < -0.3 is 5.11 Å². The monoisotopic (exact) mass is 185 g/mol. The minimum absolute atomic E-state index is 0.623. The van der Waals surface area contributed by atoms with Crippen molar-refractivity contribution in [3.05, 3.63) is 12.2 Å². The Bertz CT molecular complexity index is 176. The lowest BCUT2D eigenvalue weighted by atomic mass is 10.2. The average molecular weight is 185 g/mol. The van der Waals surface area contributed by atoms with Gasteiger partial charge in [-0.2, -0.15) is 0 Å². The molecule has 0 rings (SSSR count). The smallest absolute Gasteiger partial charge is 0.328 e. The molecule has 76 valence electrons. The highest BCUT2D eigenvalue weighted by molar-refractivity contribution is 5.79. The summed E-state index contributed by atoms with van der Waals surface area (Å²) in [4.78, 5) is 12.4. The van der Waals surface area contributed by atoms with Crippen LogP contribution in [0.2, 0.25) is 0 Å². The number of nitrogens with zero attached hydrogens (tertiary/aromatic N) is 1. The largest absolute Gasteiger partial charge is 0.478 e. The number of carbonyl (C=O) groups is 1. The fourth-order valence-electron chi connectivity index (χ4n) is 1.15. The van der Waals surface area contributed by atoms with E-state index in [0.29, 0.717) is 5.92 Å². The van der Waals surface area contributed by atoms with Crippen molar-refractivity contribution < 1.29 is 9.90 Å². The first-order valence-electron chi connectivity index (χ1n) is 4.68. The Labute approximate surface area is 80.0 Å². The standard InChI is InChI=1S/C10H19NO2/c1-4-11(8-9(2)3)7-5-6-10(12)13/h5-6,9H,4,7-8H2,1-3H3,(H,12,13). The molecule has 0 spiro atoms. The maximum absolute atomic E-state index is 10.2. The minimum atomic E-state index is -0.874. The Balaban J connectivity index is 3.78. The van der Waals surface area contributed by atoms with Gasteiger partial charge in [0.2, 0.25) is 0 Å². The number of carboxylic acids is 1. The summed E-state index contributed by atoms with van der Waals surface area (Å²) < 4.78 is 0. The summed E-state index contributed by atoms with van der Waals surface area (Å²) in [5, 5.41) is 8.38. The molecule has 0 aliphatic heterocycles. The van der Waals surface area contributed by atoms with Gasteiger partial charge in [0.05, 0.1) is 0 Å². The normalized spacial score (nSPS) is 11.8. The third-order valence-electron chi connectivity index (χ3n) is 1.69. The van der Waals surface area contributed by atoms with Crippen LogP contribution < -0.4 is 0 Å². The third kappa shape index (κ3) is 7.53. The van der Waals surface area contributed by atoms with E-state index in [1.807, 2.05) is 0 Å². The number of rotatable bonds is 6. The van der Waals surface area contributed by atoms with Crippen LogP contribution in [0.25, 0.3) is 0 Å². The fourth-order valence-corrected chi connectivity index (χ4v) is 1.15. The van der Waals surface area contributed by atoms with Crippen LogP contribution in [0.5, 0.6) is 0 Å². The van der Waals surface area contributed by atoms with Gasteiger partial charge in [0.15, 0.2) is 0 Å². The maximum Gasteiger partial charge on any atom is 0.328 e. The third-order valence-corrected chi connectivity index (χ3v) is 1.69. The van der Waals surface area contributed by atoms with Crippen LogP contribution in [-0.2, 0) is 4.79 Å². The van der Waals surface area contributed by atoms with Crippen LogP contribution in [0.1, 0.15) is 20.8 Å². The van der Waals surface area contributed by atoms with Gasteiger partial charge in [-0.15, -0.1) is 0 Å². The van der Waals surface area contributed by atoms with Crippen LogP contribution in [0, 0.1) is 5.92 Å². The van der Waals surface area contributed by atoms with Crippen LogP contribution in [0.4, 0.5) is 0 Å². The molecule has 3 heteroatoms. The quantitative estimate of drug-likeness (QED) is 0.639. The molecule has 0 unspecified atom stereocenters. The highest BCUT2D eigenvalue weighted by Gasteiger charge is 2.02. The molecule has 0 amide bonds. The van der Waals surface area contributed by atoms with Gasteiger partial charge in [-0.05, 0) is 12.5 Å². The van der Waals surface area contributed by atoms with E-state index >= 15 is 0 Å². The highest BCUT2D eigenvalue weighted by Crippen LogP contribution is 1.97. The topological polar surface area (TPSA) is 40.5 Å². The summed E-state index contributed by atoms with van der Waals surface area (Å²) in [6.07, 6.45) is 2.89. The first-order valence-corrected chi connectivity index (χ1v) is 4.68. The molecule has 0 aliphatic rings. The lowest BCUT2D eigenvalue weighted by Crippen LogP contribution is -2.27. The molecule has 0 saturated heterocycles. The zero-order chi connectivity index (χ0) is 10.3. The van der Waals surface area contributed by atoms with Crippen molar-refractivity contribution in [2.45, 2.75) is 20.8 Å². The van der Waals surface area contributed by atoms with E-state index in [9.17, 15) is 4.79 Å². The average Bonchev–Trinajstić information content (AvgIpc) is 2.01. The van der Waals surface area contributed by atoms with E-state index in [-0.39, 0.29) is 0 Å². The number of aliphatic carboxylic acids is 1. The lowest BCUT2D eigenvalue weighted by Gasteiger charge is -2.20. The summed E-state index contributed by atoms with van der Waals surface area (Å²) in [6, 6.07) is 0. The molecule has 3 nitrogen and oxygen atoms in total. The van der Waals surface area contributed by atoms with Gasteiger partial charge in [-0.1, -0.05) is 26.8 Å². The van der Waals surface area contributed by atoms with Crippen LogP contribution in [0.15, 0.2) is 12.2 Å². The second-order valence-corrected chi connectivity index (χ2v) is 3.49. The Kier molecular flexibility index (Phi) is 6.24. The first kappa shape index (κ1) is 12.2. The molecule has 0 saturated carbocycles.